The minimum Gasteiger partial charge on any atom is -0.350 e. The molecule has 0 unspecified atom stereocenters. The summed E-state index contributed by atoms with van der Waals surface area (Å²) in [5.41, 5.74) is 3.16. The molecule has 1 N–H and O–H groups in total. The largest absolute Gasteiger partial charge is 0.350 e. The molecule has 0 saturated carbocycles. The van der Waals surface area contributed by atoms with Crippen LogP contribution < -0.4 is 5.32 Å². The van der Waals surface area contributed by atoms with Gasteiger partial charge in [-0.1, -0.05) is 60.7 Å². The fraction of sp³-hybridized carbons (Fsp3) is 0.143. The van der Waals surface area contributed by atoms with Crippen LogP contribution in [-0.4, -0.2) is 21.7 Å². The first-order valence-corrected chi connectivity index (χ1v) is 8.43. The van der Waals surface area contributed by atoms with Crippen molar-refractivity contribution in [3.63, 3.8) is 0 Å². The number of nitrogens with one attached hydrogen (secondary N) is 1. The van der Waals surface area contributed by atoms with E-state index in [-0.39, 0.29) is 24.5 Å². The summed E-state index contributed by atoms with van der Waals surface area (Å²) in [6, 6.07) is 20.6. The third-order valence-electron chi connectivity index (χ3n) is 3.93. The van der Waals surface area contributed by atoms with Crippen LogP contribution in [0.3, 0.4) is 0 Å². The molecule has 0 aliphatic rings. The molecule has 3 rings (SSSR count). The maximum Gasteiger partial charge on any atom is 0.220 e. The van der Waals surface area contributed by atoms with Gasteiger partial charge in [0, 0.05) is 24.0 Å². The smallest absolute Gasteiger partial charge is 0.220 e. The lowest BCUT2D eigenvalue weighted by atomic mass is 10.1. The monoisotopic (exact) mass is 345 g/mol. The Hall–Kier alpha value is -3.34. The molecule has 130 valence electrons. The molecule has 0 bridgehead atoms. The number of carbonyl (C=O) groups excluding carboxylic acids is 2. The number of rotatable bonds is 7. The minimum atomic E-state index is -0.172. The molecule has 1 amide bonds. The fourth-order valence-corrected chi connectivity index (χ4v) is 2.53. The fourth-order valence-electron chi connectivity index (χ4n) is 2.53. The highest BCUT2D eigenvalue weighted by molar-refractivity contribution is 5.97. The quantitative estimate of drug-likeness (QED) is 0.666. The van der Waals surface area contributed by atoms with Crippen molar-refractivity contribution < 1.29 is 9.59 Å². The van der Waals surface area contributed by atoms with Gasteiger partial charge < -0.3 is 5.32 Å². The zero-order chi connectivity index (χ0) is 18.2. The highest BCUT2D eigenvalue weighted by atomic mass is 16.2. The molecule has 5 nitrogen and oxygen atoms in total. The molecule has 1 aromatic heterocycles. The Morgan fingerprint density at radius 2 is 1.54 bits per heavy atom. The van der Waals surface area contributed by atoms with E-state index in [1.165, 1.54) is 6.33 Å². The molecule has 2 aromatic carbocycles. The molecule has 0 atom stereocenters. The van der Waals surface area contributed by atoms with Gasteiger partial charge in [0.1, 0.15) is 6.33 Å². The SMILES string of the molecule is O=C(CCC(=O)c1ccccc1)NCc1cc(-c2ccccc2)ncn1. The van der Waals surface area contributed by atoms with E-state index in [2.05, 4.69) is 15.3 Å². The van der Waals surface area contributed by atoms with Crippen LogP contribution in [0.25, 0.3) is 11.3 Å². The van der Waals surface area contributed by atoms with Gasteiger partial charge in [0.15, 0.2) is 5.78 Å². The zero-order valence-electron chi connectivity index (χ0n) is 14.3. The molecular weight excluding hydrogens is 326 g/mol. The Morgan fingerprint density at radius 1 is 0.846 bits per heavy atom. The van der Waals surface area contributed by atoms with Crippen molar-refractivity contribution >= 4 is 11.7 Å². The average molecular weight is 345 g/mol. The van der Waals surface area contributed by atoms with Gasteiger partial charge >= 0.3 is 0 Å². The first kappa shape index (κ1) is 17.5. The predicted octanol–water partition coefficient (Wildman–Crippen LogP) is 3.42. The van der Waals surface area contributed by atoms with Crippen molar-refractivity contribution in [1.82, 2.24) is 15.3 Å². The predicted molar refractivity (Wildman–Crippen MR) is 99.3 cm³/mol. The summed E-state index contributed by atoms with van der Waals surface area (Å²) < 4.78 is 0. The third kappa shape index (κ3) is 4.83. The Bertz CT molecular complexity index is 880. The van der Waals surface area contributed by atoms with Crippen molar-refractivity contribution in [1.29, 1.82) is 0 Å². The first-order chi connectivity index (χ1) is 12.7. The summed E-state index contributed by atoms with van der Waals surface area (Å²) in [7, 11) is 0. The number of aromatic nitrogens is 2. The van der Waals surface area contributed by atoms with Crippen LogP contribution in [-0.2, 0) is 11.3 Å². The number of hydrogen-bond acceptors (Lipinski definition) is 4. The van der Waals surface area contributed by atoms with Gasteiger partial charge in [0.25, 0.3) is 0 Å². The van der Waals surface area contributed by atoms with Crippen LogP contribution in [0.15, 0.2) is 73.1 Å². The second-order valence-electron chi connectivity index (χ2n) is 5.83. The number of carbonyl (C=O) groups is 2. The van der Waals surface area contributed by atoms with Crippen LogP contribution in [0, 0.1) is 0 Å². The highest BCUT2D eigenvalue weighted by Crippen LogP contribution is 2.16. The van der Waals surface area contributed by atoms with E-state index in [4.69, 9.17) is 0 Å². The number of ketones is 1. The summed E-state index contributed by atoms with van der Waals surface area (Å²) >= 11 is 0. The Balaban J connectivity index is 1.51. The van der Waals surface area contributed by atoms with Gasteiger partial charge in [-0.15, -0.1) is 0 Å². The summed E-state index contributed by atoms with van der Waals surface area (Å²) in [4.78, 5) is 32.5. The molecule has 1 heterocycles. The second-order valence-corrected chi connectivity index (χ2v) is 5.83. The van der Waals surface area contributed by atoms with Crippen molar-refractivity contribution in [3.05, 3.63) is 84.3 Å². The number of benzene rings is 2. The van der Waals surface area contributed by atoms with Gasteiger partial charge in [-0.25, -0.2) is 9.97 Å². The molecule has 5 heteroatoms. The van der Waals surface area contributed by atoms with Gasteiger partial charge in [0.05, 0.1) is 17.9 Å². The van der Waals surface area contributed by atoms with Crippen LogP contribution in [0.4, 0.5) is 0 Å². The van der Waals surface area contributed by atoms with Crippen molar-refractivity contribution in [2.75, 3.05) is 0 Å². The van der Waals surface area contributed by atoms with Gasteiger partial charge in [-0.3, -0.25) is 9.59 Å². The van der Waals surface area contributed by atoms with Gasteiger partial charge in [-0.05, 0) is 6.07 Å². The normalized spacial score (nSPS) is 10.3. The summed E-state index contributed by atoms with van der Waals surface area (Å²) in [5.74, 6) is -0.205. The molecule has 3 aromatic rings. The van der Waals surface area contributed by atoms with E-state index in [0.717, 1.165) is 17.0 Å². The Morgan fingerprint density at radius 3 is 2.27 bits per heavy atom. The molecule has 0 radical (unpaired) electrons. The van der Waals surface area contributed by atoms with Crippen molar-refractivity contribution in [3.8, 4) is 11.3 Å². The summed E-state index contributed by atoms with van der Waals surface area (Å²) in [6.07, 6.45) is 1.84. The average Bonchev–Trinajstić information content (AvgIpc) is 2.72. The van der Waals surface area contributed by atoms with Crippen LogP contribution in [0.1, 0.15) is 28.9 Å². The van der Waals surface area contributed by atoms with E-state index >= 15 is 0 Å². The zero-order valence-corrected chi connectivity index (χ0v) is 14.3. The molecule has 0 saturated heterocycles. The highest BCUT2D eigenvalue weighted by Gasteiger charge is 2.09. The van der Waals surface area contributed by atoms with E-state index in [1.807, 2.05) is 54.6 Å². The number of hydrogen-bond donors (Lipinski definition) is 1. The van der Waals surface area contributed by atoms with E-state index in [0.29, 0.717) is 12.1 Å². The molecule has 0 spiro atoms. The van der Waals surface area contributed by atoms with Crippen LogP contribution >= 0.6 is 0 Å². The lowest BCUT2D eigenvalue weighted by Crippen LogP contribution is -2.23. The van der Waals surface area contributed by atoms with Crippen LogP contribution in [0.5, 0.6) is 0 Å². The Labute approximate surface area is 152 Å². The Kier molecular flexibility index (Phi) is 5.83. The number of nitrogens with zero attached hydrogens (tertiary/aromatic N) is 2. The maximum atomic E-state index is 12.0. The molecular formula is C21H19N3O2. The lowest BCUT2D eigenvalue weighted by Gasteiger charge is -2.06. The van der Waals surface area contributed by atoms with Crippen molar-refractivity contribution in [2.24, 2.45) is 0 Å². The molecule has 0 aliphatic heterocycles. The summed E-state index contributed by atoms with van der Waals surface area (Å²) in [5, 5.41) is 2.80. The van der Waals surface area contributed by atoms with Crippen LogP contribution in [0.2, 0.25) is 0 Å². The summed E-state index contributed by atoms with van der Waals surface area (Å²) in [6.45, 7) is 0.306. The van der Waals surface area contributed by atoms with E-state index in [9.17, 15) is 9.59 Å². The number of amides is 1. The van der Waals surface area contributed by atoms with Gasteiger partial charge in [0.2, 0.25) is 5.91 Å². The van der Waals surface area contributed by atoms with Gasteiger partial charge in [-0.2, -0.15) is 0 Å². The minimum absolute atomic E-state index is 0.0332. The molecule has 0 fully saturated rings. The second kappa shape index (κ2) is 8.67. The topological polar surface area (TPSA) is 72.0 Å². The van der Waals surface area contributed by atoms with Crippen molar-refractivity contribution in [2.45, 2.75) is 19.4 Å². The lowest BCUT2D eigenvalue weighted by molar-refractivity contribution is -0.121. The third-order valence-corrected chi connectivity index (χ3v) is 3.93. The maximum absolute atomic E-state index is 12.0. The first-order valence-electron chi connectivity index (χ1n) is 8.43. The van der Waals surface area contributed by atoms with E-state index in [1.54, 1.807) is 12.1 Å². The molecule has 0 aliphatic carbocycles. The number of Topliss-reactive ketones (excluding diaryl/α,β-unsaturated/α-hetero) is 1. The standard InChI is InChI=1S/C21H19N3O2/c25-20(17-9-5-2-6-10-17)11-12-21(26)22-14-18-13-19(24-15-23-18)16-7-3-1-4-8-16/h1-10,13,15H,11-12,14H2,(H,22,26). The molecule has 26 heavy (non-hydrogen) atoms. The van der Waals surface area contributed by atoms with E-state index < -0.39 is 0 Å².